The van der Waals surface area contributed by atoms with E-state index >= 15 is 0 Å². The van der Waals surface area contributed by atoms with Crippen LogP contribution in [0.2, 0.25) is 5.02 Å². The fourth-order valence-corrected chi connectivity index (χ4v) is 3.73. The first-order valence-electron chi connectivity index (χ1n) is 9.87. The van der Waals surface area contributed by atoms with Gasteiger partial charge in [0.05, 0.1) is 17.4 Å². The molecule has 3 aromatic rings. The molecule has 1 heterocycles. The fraction of sp³-hybridized carbons (Fsp3) is 0.261. The Labute approximate surface area is 188 Å². The average molecular weight is 461 g/mol. The van der Waals surface area contributed by atoms with Gasteiger partial charge in [-0.1, -0.05) is 18.5 Å². The molecule has 0 saturated carbocycles. The molecule has 0 radical (unpaired) electrons. The normalized spacial score (nSPS) is 13.0. The zero-order valence-corrected chi connectivity index (χ0v) is 18.4. The molecule has 0 fully saturated rings. The van der Waals surface area contributed by atoms with E-state index in [-0.39, 0.29) is 12.1 Å². The summed E-state index contributed by atoms with van der Waals surface area (Å²) in [7, 11) is 0. The van der Waals surface area contributed by atoms with Gasteiger partial charge in [0.1, 0.15) is 0 Å². The lowest BCUT2D eigenvalue weighted by molar-refractivity contribution is -0.141. The van der Waals surface area contributed by atoms with Gasteiger partial charge >= 0.3 is 5.97 Å². The van der Waals surface area contributed by atoms with Gasteiger partial charge < -0.3 is 15.5 Å². The Kier molecular flexibility index (Phi) is 6.55. The van der Waals surface area contributed by atoms with E-state index in [1.165, 1.54) is 29.7 Å². The molecule has 0 bridgehead atoms. The molecular weight excluding hydrogens is 439 g/mol. The number of carbonyl (C=O) groups is 3. The highest BCUT2D eigenvalue weighted by atomic mass is 35.5. The molecule has 3 rings (SSSR count). The van der Waals surface area contributed by atoms with Crippen LogP contribution in [0.5, 0.6) is 5.75 Å². The topological polar surface area (TPSA) is 109 Å². The number of carboxylic acid groups (broad SMARTS) is 1. The molecule has 0 spiro atoms. The van der Waals surface area contributed by atoms with Gasteiger partial charge in [0, 0.05) is 34.3 Å². The monoisotopic (exact) mass is 460 g/mol. The standard InChI is InChI=1S/C23H22ClFN2O5/c1-11(23(31)32)10-26-21(29)12(2)20-13(3)27(18-9-17(25)19(28)8-16(18)20)22(30)14-4-6-15(24)7-5-14/h4-9,11-12,28H,10H2,1-3H3,(H,26,29)(H,31,32). The molecule has 2 aromatic carbocycles. The van der Waals surface area contributed by atoms with Crippen LogP contribution in [0.15, 0.2) is 36.4 Å². The highest BCUT2D eigenvalue weighted by Crippen LogP contribution is 2.36. The molecule has 32 heavy (non-hydrogen) atoms. The summed E-state index contributed by atoms with van der Waals surface area (Å²) in [4.78, 5) is 37.0. The summed E-state index contributed by atoms with van der Waals surface area (Å²) in [6.07, 6.45) is 0. The van der Waals surface area contributed by atoms with E-state index in [0.717, 1.165) is 6.07 Å². The number of hydrogen-bond acceptors (Lipinski definition) is 4. The Morgan fingerprint density at radius 2 is 1.78 bits per heavy atom. The maximum Gasteiger partial charge on any atom is 0.308 e. The number of halogens is 2. The van der Waals surface area contributed by atoms with Crippen molar-refractivity contribution in [2.24, 2.45) is 5.92 Å². The van der Waals surface area contributed by atoms with E-state index in [2.05, 4.69) is 5.32 Å². The van der Waals surface area contributed by atoms with E-state index in [1.54, 1.807) is 26.0 Å². The average Bonchev–Trinajstić information content (AvgIpc) is 3.02. The van der Waals surface area contributed by atoms with Gasteiger partial charge in [-0.15, -0.1) is 0 Å². The first-order chi connectivity index (χ1) is 15.0. The fourth-order valence-electron chi connectivity index (χ4n) is 3.60. The number of phenolic OH excluding ortho intramolecular Hbond substituents is 1. The first-order valence-corrected chi connectivity index (χ1v) is 10.2. The van der Waals surface area contributed by atoms with Crippen LogP contribution in [0.1, 0.15) is 41.4 Å². The lowest BCUT2D eigenvalue weighted by Gasteiger charge is -2.15. The number of nitrogens with zero attached hydrogens (tertiary/aromatic N) is 1. The number of hydrogen-bond donors (Lipinski definition) is 3. The first kappa shape index (κ1) is 23.3. The number of carboxylic acids is 1. The molecule has 168 valence electrons. The summed E-state index contributed by atoms with van der Waals surface area (Å²) < 4.78 is 15.5. The highest BCUT2D eigenvalue weighted by Gasteiger charge is 2.28. The van der Waals surface area contributed by atoms with Crippen LogP contribution < -0.4 is 5.32 Å². The molecule has 3 N–H and O–H groups in total. The molecule has 0 aliphatic rings. The number of phenols is 1. The Morgan fingerprint density at radius 3 is 2.38 bits per heavy atom. The van der Waals surface area contributed by atoms with Gasteiger partial charge in [0.2, 0.25) is 5.91 Å². The van der Waals surface area contributed by atoms with Crippen LogP contribution >= 0.6 is 11.6 Å². The molecule has 0 saturated heterocycles. The molecular formula is C23H22ClFN2O5. The molecule has 2 atom stereocenters. The van der Waals surface area contributed by atoms with Crippen LogP contribution in [-0.4, -0.2) is 39.1 Å². The molecule has 9 heteroatoms. The molecule has 7 nitrogen and oxygen atoms in total. The Hall–Kier alpha value is -3.39. The van der Waals surface area contributed by atoms with Crippen LogP contribution in [-0.2, 0) is 9.59 Å². The number of benzene rings is 2. The number of aromatic hydroxyl groups is 1. The molecule has 0 aliphatic heterocycles. The molecule has 1 aromatic heterocycles. The van der Waals surface area contributed by atoms with Crippen molar-refractivity contribution in [1.82, 2.24) is 9.88 Å². The van der Waals surface area contributed by atoms with E-state index in [9.17, 15) is 23.9 Å². The second-order valence-electron chi connectivity index (χ2n) is 7.67. The van der Waals surface area contributed by atoms with Gasteiger partial charge in [-0.25, -0.2) is 4.39 Å². The van der Waals surface area contributed by atoms with Crippen molar-refractivity contribution in [2.45, 2.75) is 26.7 Å². The number of rotatable bonds is 6. The Balaban J connectivity index is 2.10. The number of carbonyl (C=O) groups excluding carboxylic acids is 2. The van der Waals surface area contributed by atoms with Gasteiger partial charge in [-0.3, -0.25) is 19.0 Å². The van der Waals surface area contributed by atoms with E-state index in [4.69, 9.17) is 16.7 Å². The van der Waals surface area contributed by atoms with Gasteiger partial charge in [-0.05, 0) is 49.7 Å². The van der Waals surface area contributed by atoms with Gasteiger partial charge in [0.15, 0.2) is 11.6 Å². The third-order valence-electron chi connectivity index (χ3n) is 5.45. The second-order valence-corrected chi connectivity index (χ2v) is 8.11. The predicted octanol–water partition coefficient (Wildman–Crippen LogP) is 4.08. The maximum absolute atomic E-state index is 14.2. The summed E-state index contributed by atoms with van der Waals surface area (Å²) in [5.74, 6) is -5.04. The van der Waals surface area contributed by atoms with Crippen molar-refractivity contribution >= 4 is 40.3 Å². The van der Waals surface area contributed by atoms with Crippen molar-refractivity contribution in [2.75, 3.05) is 6.54 Å². The van der Waals surface area contributed by atoms with Crippen LogP contribution in [0.4, 0.5) is 4.39 Å². The Morgan fingerprint density at radius 1 is 1.16 bits per heavy atom. The van der Waals surface area contributed by atoms with Crippen LogP contribution in [0, 0.1) is 18.7 Å². The number of aliphatic carboxylic acids is 1. The molecule has 2 unspecified atom stereocenters. The lowest BCUT2D eigenvalue weighted by atomic mass is 9.96. The van der Waals surface area contributed by atoms with Crippen molar-refractivity contribution in [3.05, 3.63) is 64.1 Å². The molecule has 0 aliphatic carbocycles. The zero-order chi connectivity index (χ0) is 23.7. The second kappa shape index (κ2) is 9.00. The minimum absolute atomic E-state index is 0.0697. The minimum atomic E-state index is -1.04. The summed E-state index contributed by atoms with van der Waals surface area (Å²) >= 11 is 5.90. The van der Waals surface area contributed by atoms with Crippen molar-refractivity contribution in [1.29, 1.82) is 0 Å². The summed E-state index contributed by atoms with van der Waals surface area (Å²) in [5.41, 5.74) is 1.34. The minimum Gasteiger partial charge on any atom is -0.505 e. The number of nitrogens with one attached hydrogen (secondary N) is 1. The van der Waals surface area contributed by atoms with Crippen molar-refractivity contribution < 1.29 is 29.0 Å². The summed E-state index contributed by atoms with van der Waals surface area (Å²) in [6.45, 7) is 4.62. The van der Waals surface area contributed by atoms with E-state index < -0.39 is 41.2 Å². The van der Waals surface area contributed by atoms with Gasteiger partial charge in [-0.2, -0.15) is 0 Å². The van der Waals surface area contributed by atoms with E-state index in [0.29, 0.717) is 27.2 Å². The SMILES string of the molecule is Cc1c(C(C)C(=O)NCC(C)C(=O)O)c2cc(O)c(F)cc2n1C(=O)c1ccc(Cl)cc1. The quantitative estimate of drug-likeness (QED) is 0.513. The largest absolute Gasteiger partial charge is 0.505 e. The smallest absolute Gasteiger partial charge is 0.308 e. The Bertz CT molecular complexity index is 1220. The summed E-state index contributed by atoms with van der Waals surface area (Å²) in [6, 6.07) is 8.42. The van der Waals surface area contributed by atoms with Crippen LogP contribution in [0.25, 0.3) is 10.9 Å². The highest BCUT2D eigenvalue weighted by molar-refractivity contribution is 6.30. The number of fused-ring (bicyclic) bond motifs is 1. The number of aromatic nitrogens is 1. The van der Waals surface area contributed by atoms with Gasteiger partial charge in [0.25, 0.3) is 5.91 Å². The van der Waals surface area contributed by atoms with Crippen molar-refractivity contribution in [3.63, 3.8) is 0 Å². The van der Waals surface area contributed by atoms with E-state index in [1.807, 2.05) is 0 Å². The molecule has 1 amide bonds. The predicted molar refractivity (Wildman–Crippen MR) is 118 cm³/mol. The zero-order valence-electron chi connectivity index (χ0n) is 17.6. The third kappa shape index (κ3) is 4.31. The number of amides is 1. The van der Waals surface area contributed by atoms with Crippen LogP contribution in [0.3, 0.4) is 0 Å². The maximum atomic E-state index is 14.2. The van der Waals surface area contributed by atoms with Crippen molar-refractivity contribution in [3.8, 4) is 5.75 Å². The lowest BCUT2D eigenvalue weighted by Crippen LogP contribution is -2.34. The third-order valence-corrected chi connectivity index (χ3v) is 5.70. The summed E-state index contributed by atoms with van der Waals surface area (Å²) in [5, 5.41) is 22.3.